The molecule has 0 amide bonds. The standard InChI is InChI=1S/C27H25N5O4S/c1-18-7-6-10-23(13-18)32-19(2)29-30-27(32)37-26(16-31(33)34)20-11-12-24(25(14-20)35-3)36-17-22-9-5-4-8-21(22)15-28/h4-14,26H,16-17H2,1-3H3/t26-/m1/s1. The molecule has 0 radical (unpaired) electrons. The third-order valence-corrected chi connectivity index (χ3v) is 6.88. The second-order valence-electron chi connectivity index (χ2n) is 8.29. The Bertz CT molecular complexity index is 1460. The van der Waals surface area contributed by atoms with Gasteiger partial charge in [0.1, 0.15) is 17.7 Å². The number of methoxy groups -OCH3 is 1. The van der Waals surface area contributed by atoms with E-state index in [1.165, 1.54) is 18.9 Å². The minimum absolute atomic E-state index is 0.186. The fourth-order valence-electron chi connectivity index (χ4n) is 3.87. The van der Waals surface area contributed by atoms with Crippen LogP contribution in [0.4, 0.5) is 0 Å². The van der Waals surface area contributed by atoms with Crippen LogP contribution in [0.5, 0.6) is 11.5 Å². The molecule has 4 rings (SSSR count). The molecule has 0 spiro atoms. The Kier molecular flexibility index (Phi) is 8.05. The Hall–Kier alpha value is -4.36. The second-order valence-corrected chi connectivity index (χ2v) is 9.46. The number of thioether (sulfide) groups is 1. The molecule has 4 aromatic rings. The van der Waals surface area contributed by atoms with Crippen molar-refractivity contribution in [1.29, 1.82) is 5.26 Å². The first-order valence-corrected chi connectivity index (χ1v) is 12.3. The molecule has 0 saturated heterocycles. The lowest BCUT2D eigenvalue weighted by molar-refractivity contribution is -0.479. The lowest BCUT2D eigenvalue weighted by Gasteiger charge is -2.17. The second kappa shape index (κ2) is 11.6. The number of rotatable bonds is 10. The van der Waals surface area contributed by atoms with Gasteiger partial charge in [0.25, 0.3) is 0 Å². The Balaban J connectivity index is 1.62. The Morgan fingerprint density at radius 3 is 2.62 bits per heavy atom. The molecule has 1 atom stereocenters. The first-order valence-electron chi connectivity index (χ1n) is 11.5. The zero-order chi connectivity index (χ0) is 26.4. The summed E-state index contributed by atoms with van der Waals surface area (Å²) < 4.78 is 13.4. The molecule has 37 heavy (non-hydrogen) atoms. The van der Waals surface area contributed by atoms with Gasteiger partial charge >= 0.3 is 0 Å². The fourth-order valence-corrected chi connectivity index (χ4v) is 5.04. The van der Waals surface area contributed by atoms with Gasteiger partial charge in [-0.15, -0.1) is 10.2 Å². The van der Waals surface area contributed by atoms with E-state index in [0.29, 0.717) is 33.6 Å². The summed E-state index contributed by atoms with van der Waals surface area (Å²) in [6, 6.07) is 22.5. The highest BCUT2D eigenvalue weighted by molar-refractivity contribution is 7.99. The number of ether oxygens (including phenoxy) is 2. The minimum Gasteiger partial charge on any atom is -0.493 e. The monoisotopic (exact) mass is 515 g/mol. The summed E-state index contributed by atoms with van der Waals surface area (Å²) in [5, 5.41) is 29.4. The lowest BCUT2D eigenvalue weighted by atomic mass is 10.1. The van der Waals surface area contributed by atoms with Gasteiger partial charge in [0.05, 0.1) is 18.7 Å². The first-order chi connectivity index (χ1) is 17.9. The van der Waals surface area contributed by atoms with Crippen molar-refractivity contribution in [2.24, 2.45) is 0 Å². The molecule has 0 unspecified atom stereocenters. The molecule has 0 bridgehead atoms. The molecule has 10 heteroatoms. The number of aromatic nitrogens is 3. The van der Waals surface area contributed by atoms with Crippen molar-refractivity contribution >= 4 is 11.8 Å². The maximum atomic E-state index is 11.6. The first kappa shape index (κ1) is 25.7. The van der Waals surface area contributed by atoms with Gasteiger partial charge in [-0.1, -0.05) is 48.2 Å². The number of aryl methyl sites for hydroxylation is 2. The van der Waals surface area contributed by atoms with E-state index in [-0.39, 0.29) is 18.1 Å². The molecule has 0 aliphatic heterocycles. The van der Waals surface area contributed by atoms with Gasteiger partial charge in [-0.2, -0.15) is 5.26 Å². The van der Waals surface area contributed by atoms with E-state index in [9.17, 15) is 15.4 Å². The van der Waals surface area contributed by atoms with Gasteiger partial charge in [-0.3, -0.25) is 14.7 Å². The van der Waals surface area contributed by atoms with E-state index in [0.717, 1.165) is 16.8 Å². The average Bonchev–Trinajstić information content (AvgIpc) is 3.26. The molecule has 1 heterocycles. The van der Waals surface area contributed by atoms with Gasteiger partial charge in [-0.05, 0) is 55.3 Å². The van der Waals surface area contributed by atoms with E-state index < -0.39 is 5.25 Å². The van der Waals surface area contributed by atoms with Crippen molar-refractivity contribution in [3.63, 3.8) is 0 Å². The number of hydrogen-bond acceptors (Lipinski definition) is 8. The molecule has 3 aromatic carbocycles. The number of hydrogen-bond donors (Lipinski definition) is 0. The quantitative estimate of drug-likeness (QED) is 0.155. The van der Waals surface area contributed by atoms with Crippen molar-refractivity contribution in [1.82, 2.24) is 14.8 Å². The number of nitro groups is 1. The van der Waals surface area contributed by atoms with Crippen LogP contribution in [-0.2, 0) is 6.61 Å². The Morgan fingerprint density at radius 1 is 1.08 bits per heavy atom. The van der Waals surface area contributed by atoms with Crippen molar-refractivity contribution in [3.8, 4) is 23.3 Å². The van der Waals surface area contributed by atoms with Gasteiger partial charge in [0.2, 0.25) is 6.54 Å². The van der Waals surface area contributed by atoms with Gasteiger partial charge in [0, 0.05) is 16.2 Å². The van der Waals surface area contributed by atoms with Gasteiger partial charge in [-0.25, -0.2) is 0 Å². The highest BCUT2D eigenvalue weighted by Gasteiger charge is 2.25. The predicted molar refractivity (Wildman–Crippen MR) is 140 cm³/mol. The molecule has 0 aliphatic rings. The highest BCUT2D eigenvalue weighted by Crippen LogP contribution is 2.39. The van der Waals surface area contributed by atoms with Crippen LogP contribution < -0.4 is 9.47 Å². The van der Waals surface area contributed by atoms with Crippen molar-refractivity contribution < 1.29 is 14.4 Å². The normalized spacial score (nSPS) is 11.5. The summed E-state index contributed by atoms with van der Waals surface area (Å²) >= 11 is 1.27. The topological polar surface area (TPSA) is 116 Å². The maximum absolute atomic E-state index is 11.6. The third kappa shape index (κ3) is 6.08. The third-order valence-electron chi connectivity index (χ3n) is 5.70. The minimum atomic E-state index is -0.551. The molecule has 0 fully saturated rings. The van der Waals surface area contributed by atoms with Crippen LogP contribution in [0.15, 0.2) is 71.9 Å². The van der Waals surface area contributed by atoms with Crippen LogP contribution in [0.3, 0.4) is 0 Å². The lowest BCUT2D eigenvalue weighted by Crippen LogP contribution is -2.11. The number of nitriles is 1. The van der Waals surface area contributed by atoms with Crippen molar-refractivity contribution in [2.75, 3.05) is 13.7 Å². The summed E-state index contributed by atoms with van der Waals surface area (Å²) in [4.78, 5) is 11.2. The smallest absolute Gasteiger partial charge is 0.220 e. The SMILES string of the molecule is COc1cc([C@@H](C[N+](=O)[O-])Sc2nnc(C)n2-c2cccc(C)c2)ccc1OCc1ccccc1C#N. The summed E-state index contributed by atoms with van der Waals surface area (Å²) in [7, 11) is 1.52. The van der Waals surface area contributed by atoms with Crippen LogP contribution >= 0.6 is 11.8 Å². The van der Waals surface area contributed by atoms with Crippen LogP contribution in [-0.4, -0.2) is 33.3 Å². The van der Waals surface area contributed by atoms with E-state index in [2.05, 4.69) is 16.3 Å². The van der Waals surface area contributed by atoms with E-state index in [4.69, 9.17) is 9.47 Å². The maximum Gasteiger partial charge on any atom is 0.220 e. The molecule has 0 saturated carbocycles. The Labute approximate surface area is 218 Å². The van der Waals surface area contributed by atoms with Gasteiger partial charge < -0.3 is 9.47 Å². The zero-order valence-corrected chi connectivity index (χ0v) is 21.4. The molecule has 1 aromatic heterocycles. The van der Waals surface area contributed by atoms with Crippen LogP contribution in [0.2, 0.25) is 0 Å². The number of benzene rings is 3. The predicted octanol–water partition coefficient (Wildman–Crippen LogP) is 5.45. The van der Waals surface area contributed by atoms with Crippen LogP contribution in [0.1, 0.15) is 33.3 Å². The molecular weight excluding hydrogens is 490 g/mol. The number of nitrogens with zero attached hydrogens (tertiary/aromatic N) is 5. The summed E-state index contributed by atoms with van der Waals surface area (Å²) in [5.41, 5.74) is 3.96. The summed E-state index contributed by atoms with van der Waals surface area (Å²) in [5.74, 6) is 1.60. The fraction of sp³-hybridized carbons (Fsp3) is 0.222. The average molecular weight is 516 g/mol. The largest absolute Gasteiger partial charge is 0.493 e. The summed E-state index contributed by atoms with van der Waals surface area (Å²) in [6.07, 6.45) is 0. The van der Waals surface area contributed by atoms with E-state index >= 15 is 0 Å². The van der Waals surface area contributed by atoms with E-state index in [1.807, 2.05) is 54.8 Å². The molecule has 0 N–H and O–H groups in total. The highest BCUT2D eigenvalue weighted by atomic mass is 32.2. The van der Waals surface area contributed by atoms with Crippen molar-refractivity contribution in [3.05, 3.63) is 105 Å². The van der Waals surface area contributed by atoms with Crippen LogP contribution in [0.25, 0.3) is 5.69 Å². The Morgan fingerprint density at radius 2 is 1.89 bits per heavy atom. The molecular formula is C27H25N5O4S. The summed E-state index contributed by atoms with van der Waals surface area (Å²) in [6.45, 7) is 3.72. The molecule has 9 nitrogen and oxygen atoms in total. The zero-order valence-electron chi connectivity index (χ0n) is 20.6. The molecule has 0 aliphatic carbocycles. The van der Waals surface area contributed by atoms with Gasteiger partial charge in [0.15, 0.2) is 16.7 Å². The van der Waals surface area contributed by atoms with Crippen LogP contribution in [0, 0.1) is 35.3 Å². The van der Waals surface area contributed by atoms with E-state index in [1.54, 1.807) is 30.3 Å². The van der Waals surface area contributed by atoms with Crippen molar-refractivity contribution in [2.45, 2.75) is 30.9 Å². The molecule has 188 valence electrons.